The molecule has 0 atom stereocenters. The Balaban J connectivity index is 3.11. The quantitative estimate of drug-likeness (QED) is 0.798. The second kappa shape index (κ2) is 6.39. The first-order chi connectivity index (χ1) is 8.51. The van der Waals surface area contributed by atoms with Crippen LogP contribution in [0.5, 0.6) is 5.75 Å². The molecule has 0 heterocycles. The van der Waals surface area contributed by atoms with Crippen LogP contribution in [0, 0.1) is 0 Å². The van der Waals surface area contributed by atoms with Crippen molar-refractivity contribution in [2.75, 3.05) is 14.2 Å². The van der Waals surface area contributed by atoms with Crippen LogP contribution in [-0.2, 0) is 20.9 Å². The third-order valence-corrected chi connectivity index (χ3v) is 3.09. The van der Waals surface area contributed by atoms with Gasteiger partial charge in [-0.1, -0.05) is 6.07 Å². The standard InChI is InChI=1S/C12H13BrO5/c1-7(14)18-6-8-4-5-9(12(15)17-3)11(16-2)10(8)13/h4-5H,6H2,1-3H3. The van der Waals surface area contributed by atoms with Gasteiger partial charge in [-0.25, -0.2) is 4.79 Å². The summed E-state index contributed by atoms with van der Waals surface area (Å²) in [6.07, 6.45) is 0. The zero-order valence-corrected chi connectivity index (χ0v) is 11.9. The van der Waals surface area contributed by atoms with E-state index >= 15 is 0 Å². The van der Waals surface area contributed by atoms with Gasteiger partial charge in [0.05, 0.1) is 18.7 Å². The third-order valence-electron chi connectivity index (χ3n) is 2.22. The minimum Gasteiger partial charge on any atom is -0.495 e. The molecule has 18 heavy (non-hydrogen) atoms. The molecule has 5 nitrogen and oxygen atoms in total. The highest BCUT2D eigenvalue weighted by atomic mass is 79.9. The minimum absolute atomic E-state index is 0.105. The summed E-state index contributed by atoms with van der Waals surface area (Å²) in [5, 5.41) is 0. The van der Waals surface area contributed by atoms with Crippen molar-refractivity contribution in [3.8, 4) is 5.75 Å². The highest BCUT2D eigenvalue weighted by Crippen LogP contribution is 2.33. The first kappa shape index (κ1) is 14.5. The topological polar surface area (TPSA) is 61.8 Å². The highest BCUT2D eigenvalue weighted by Gasteiger charge is 2.18. The Morgan fingerprint density at radius 2 is 1.94 bits per heavy atom. The van der Waals surface area contributed by atoms with Crippen LogP contribution in [0.15, 0.2) is 16.6 Å². The van der Waals surface area contributed by atoms with E-state index in [0.29, 0.717) is 21.3 Å². The molecule has 0 amide bonds. The van der Waals surface area contributed by atoms with E-state index in [0.717, 1.165) is 0 Å². The van der Waals surface area contributed by atoms with E-state index in [1.807, 2.05) is 0 Å². The van der Waals surface area contributed by atoms with Crippen molar-refractivity contribution < 1.29 is 23.8 Å². The molecule has 0 aliphatic carbocycles. The Morgan fingerprint density at radius 3 is 2.44 bits per heavy atom. The van der Waals surface area contributed by atoms with Gasteiger partial charge in [-0.05, 0) is 22.0 Å². The summed E-state index contributed by atoms with van der Waals surface area (Å²) < 4.78 is 15.3. The van der Waals surface area contributed by atoms with Gasteiger partial charge < -0.3 is 14.2 Å². The number of halogens is 1. The molecule has 0 spiro atoms. The molecule has 0 saturated heterocycles. The van der Waals surface area contributed by atoms with Crippen LogP contribution in [0.25, 0.3) is 0 Å². The zero-order chi connectivity index (χ0) is 13.7. The van der Waals surface area contributed by atoms with Crippen LogP contribution >= 0.6 is 15.9 Å². The lowest BCUT2D eigenvalue weighted by Gasteiger charge is -2.12. The van der Waals surface area contributed by atoms with Gasteiger partial charge >= 0.3 is 11.9 Å². The highest BCUT2D eigenvalue weighted by molar-refractivity contribution is 9.10. The summed E-state index contributed by atoms with van der Waals surface area (Å²) in [4.78, 5) is 22.3. The van der Waals surface area contributed by atoms with Crippen molar-refractivity contribution >= 4 is 27.9 Å². The maximum absolute atomic E-state index is 11.5. The van der Waals surface area contributed by atoms with Crippen LogP contribution in [0.4, 0.5) is 0 Å². The van der Waals surface area contributed by atoms with E-state index in [-0.39, 0.29) is 12.6 Å². The Hall–Kier alpha value is -1.56. The Kier molecular flexibility index (Phi) is 5.15. The van der Waals surface area contributed by atoms with Crippen LogP contribution in [0.3, 0.4) is 0 Å². The molecule has 0 N–H and O–H groups in total. The number of carbonyl (C=O) groups is 2. The number of rotatable bonds is 4. The summed E-state index contributed by atoms with van der Waals surface area (Å²) >= 11 is 3.32. The maximum Gasteiger partial charge on any atom is 0.341 e. The summed E-state index contributed by atoms with van der Waals surface area (Å²) in [5.74, 6) is -0.518. The van der Waals surface area contributed by atoms with Crippen molar-refractivity contribution in [2.45, 2.75) is 13.5 Å². The van der Waals surface area contributed by atoms with Crippen molar-refractivity contribution in [1.29, 1.82) is 0 Å². The molecule has 0 aliphatic heterocycles. The molecule has 0 radical (unpaired) electrons. The predicted octanol–water partition coefficient (Wildman–Crippen LogP) is 2.31. The smallest absolute Gasteiger partial charge is 0.341 e. The third kappa shape index (κ3) is 3.22. The Bertz CT molecular complexity index is 470. The number of hydrogen-bond donors (Lipinski definition) is 0. The molecule has 1 aromatic rings. The molecule has 98 valence electrons. The number of ether oxygens (including phenoxy) is 3. The average Bonchev–Trinajstić information content (AvgIpc) is 2.35. The van der Waals surface area contributed by atoms with Gasteiger partial charge in [-0.3, -0.25) is 4.79 Å². The molecule has 0 fully saturated rings. The number of methoxy groups -OCH3 is 2. The average molecular weight is 317 g/mol. The SMILES string of the molecule is COC(=O)c1ccc(COC(C)=O)c(Br)c1OC. The van der Waals surface area contributed by atoms with Crippen LogP contribution in [0.2, 0.25) is 0 Å². The predicted molar refractivity (Wildman–Crippen MR) is 67.5 cm³/mol. The lowest BCUT2D eigenvalue weighted by molar-refractivity contribution is -0.142. The summed E-state index contributed by atoms with van der Waals surface area (Å²) in [7, 11) is 2.74. The van der Waals surface area contributed by atoms with Gasteiger partial charge in [0, 0.05) is 12.5 Å². The molecule has 1 aromatic carbocycles. The fraction of sp³-hybridized carbons (Fsp3) is 0.333. The summed E-state index contributed by atoms with van der Waals surface area (Å²) in [6, 6.07) is 3.23. The monoisotopic (exact) mass is 316 g/mol. The lowest BCUT2D eigenvalue weighted by atomic mass is 10.1. The largest absolute Gasteiger partial charge is 0.495 e. The first-order valence-corrected chi connectivity index (χ1v) is 5.87. The molecule has 1 rings (SSSR count). The zero-order valence-electron chi connectivity index (χ0n) is 10.3. The van der Waals surface area contributed by atoms with Gasteiger partial charge in [0.15, 0.2) is 0 Å². The van der Waals surface area contributed by atoms with Gasteiger partial charge in [0.2, 0.25) is 0 Å². The normalized spacial score (nSPS) is 9.78. The summed E-state index contributed by atoms with van der Waals surface area (Å²) in [5.41, 5.74) is 1.01. The first-order valence-electron chi connectivity index (χ1n) is 5.08. The molecule has 0 aromatic heterocycles. The van der Waals surface area contributed by atoms with Crippen molar-refractivity contribution in [2.24, 2.45) is 0 Å². The minimum atomic E-state index is -0.494. The van der Waals surface area contributed by atoms with E-state index in [1.54, 1.807) is 12.1 Å². The molecular formula is C12H13BrO5. The van der Waals surface area contributed by atoms with Crippen molar-refractivity contribution in [1.82, 2.24) is 0 Å². The molecule has 0 unspecified atom stereocenters. The Labute approximate surface area is 113 Å². The number of esters is 2. The van der Waals surface area contributed by atoms with Crippen molar-refractivity contribution in [3.63, 3.8) is 0 Å². The molecule has 0 aliphatic rings. The maximum atomic E-state index is 11.5. The molecule has 0 bridgehead atoms. The second-order valence-corrected chi connectivity index (χ2v) is 4.18. The lowest BCUT2D eigenvalue weighted by Crippen LogP contribution is -2.07. The van der Waals surface area contributed by atoms with Gasteiger partial charge in [0.1, 0.15) is 17.9 Å². The fourth-order valence-corrected chi connectivity index (χ4v) is 1.98. The second-order valence-electron chi connectivity index (χ2n) is 3.39. The number of benzene rings is 1. The summed E-state index contributed by atoms with van der Waals surface area (Å²) in [6.45, 7) is 1.43. The van der Waals surface area contributed by atoms with Gasteiger partial charge in [-0.15, -0.1) is 0 Å². The molecular weight excluding hydrogens is 304 g/mol. The van der Waals surface area contributed by atoms with E-state index in [1.165, 1.54) is 21.1 Å². The van der Waals surface area contributed by atoms with E-state index in [2.05, 4.69) is 20.7 Å². The van der Waals surface area contributed by atoms with Crippen molar-refractivity contribution in [3.05, 3.63) is 27.7 Å². The number of carbonyl (C=O) groups excluding carboxylic acids is 2. The van der Waals surface area contributed by atoms with E-state index in [4.69, 9.17) is 9.47 Å². The van der Waals surface area contributed by atoms with Crippen LogP contribution in [0.1, 0.15) is 22.8 Å². The molecule has 0 saturated carbocycles. The van der Waals surface area contributed by atoms with E-state index < -0.39 is 5.97 Å². The van der Waals surface area contributed by atoms with E-state index in [9.17, 15) is 9.59 Å². The van der Waals surface area contributed by atoms with Gasteiger partial charge in [-0.2, -0.15) is 0 Å². The fourth-order valence-electron chi connectivity index (χ4n) is 1.36. The van der Waals surface area contributed by atoms with Crippen LogP contribution in [-0.4, -0.2) is 26.2 Å². The molecule has 6 heteroatoms. The Morgan fingerprint density at radius 1 is 1.28 bits per heavy atom. The van der Waals surface area contributed by atoms with Crippen LogP contribution < -0.4 is 4.74 Å². The van der Waals surface area contributed by atoms with Gasteiger partial charge in [0.25, 0.3) is 0 Å². The number of hydrogen-bond acceptors (Lipinski definition) is 5.